The molecule has 0 bridgehead atoms. The fourth-order valence-electron chi connectivity index (χ4n) is 2.12. The van der Waals surface area contributed by atoms with Crippen molar-refractivity contribution < 1.29 is 9.47 Å². The number of hydrogen-bond acceptors (Lipinski definition) is 3. The fraction of sp³-hybridized carbons (Fsp3) is 0.467. The summed E-state index contributed by atoms with van der Waals surface area (Å²) in [5, 5.41) is 0. The van der Waals surface area contributed by atoms with Gasteiger partial charge in [0.2, 0.25) is 0 Å². The second-order valence-corrected chi connectivity index (χ2v) is 4.78. The molecule has 2 atom stereocenters. The van der Waals surface area contributed by atoms with Crippen LogP contribution in [-0.2, 0) is 6.42 Å². The zero-order chi connectivity index (χ0) is 13.1. The molecule has 0 radical (unpaired) electrons. The highest BCUT2D eigenvalue weighted by Gasteiger charge is 2.21. The van der Waals surface area contributed by atoms with Crippen LogP contribution in [0.1, 0.15) is 31.9 Å². The van der Waals surface area contributed by atoms with E-state index in [0.29, 0.717) is 6.61 Å². The molecule has 2 unspecified atom stereocenters. The Kier molecular flexibility index (Phi) is 3.92. The number of hydrogen-bond donors (Lipinski definition) is 1. The maximum Gasteiger partial charge on any atom is 0.127 e. The molecule has 3 nitrogen and oxygen atoms in total. The molecule has 0 fully saturated rings. The highest BCUT2D eigenvalue weighted by Crippen LogP contribution is 2.35. The lowest BCUT2D eigenvalue weighted by Gasteiger charge is -2.10. The third-order valence-electron chi connectivity index (χ3n) is 2.91. The van der Waals surface area contributed by atoms with E-state index in [0.717, 1.165) is 23.5 Å². The van der Waals surface area contributed by atoms with Gasteiger partial charge in [0.15, 0.2) is 0 Å². The minimum Gasteiger partial charge on any atom is -0.493 e. The van der Waals surface area contributed by atoms with Gasteiger partial charge in [-0.2, -0.15) is 0 Å². The van der Waals surface area contributed by atoms with Crippen molar-refractivity contribution in [2.75, 3.05) is 6.61 Å². The van der Waals surface area contributed by atoms with Gasteiger partial charge in [-0.3, -0.25) is 0 Å². The molecule has 3 heteroatoms. The average molecular weight is 247 g/mol. The van der Waals surface area contributed by atoms with Crippen LogP contribution in [0.4, 0.5) is 0 Å². The monoisotopic (exact) mass is 247 g/mol. The molecule has 18 heavy (non-hydrogen) atoms. The minimum absolute atomic E-state index is 0.0348. The fourth-order valence-corrected chi connectivity index (χ4v) is 2.12. The molecule has 2 rings (SSSR count). The Labute approximate surface area is 109 Å². The van der Waals surface area contributed by atoms with E-state index in [1.165, 1.54) is 5.56 Å². The Morgan fingerprint density at radius 1 is 1.56 bits per heavy atom. The molecule has 1 aromatic rings. The van der Waals surface area contributed by atoms with Gasteiger partial charge in [0.1, 0.15) is 17.6 Å². The van der Waals surface area contributed by atoms with Crippen molar-refractivity contribution in [1.29, 1.82) is 0 Å². The Morgan fingerprint density at radius 3 is 3.00 bits per heavy atom. The molecule has 2 N–H and O–H groups in total. The van der Waals surface area contributed by atoms with E-state index in [9.17, 15) is 0 Å². The van der Waals surface area contributed by atoms with E-state index in [-0.39, 0.29) is 12.1 Å². The maximum atomic E-state index is 5.77. The van der Waals surface area contributed by atoms with Crippen LogP contribution < -0.4 is 15.2 Å². The number of benzene rings is 1. The zero-order valence-corrected chi connectivity index (χ0v) is 11.3. The number of ether oxygens (including phenoxy) is 2. The SMILES string of the molecule is CCOc1cc2c(cc1/C=C/C(C)N)OC(C)C2. The van der Waals surface area contributed by atoms with Crippen LogP contribution in [0, 0.1) is 0 Å². The molecule has 0 amide bonds. The van der Waals surface area contributed by atoms with E-state index in [2.05, 4.69) is 13.0 Å². The van der Waals surface area contributed by atoms with Crippen molar-refractivity contribution in [2.24, 2.45) is 5.73 Å². The predicted octanol–water partition coefficient (Wildman–Crippen LogP) is 2.77. The topological polar surface area (TPSA) is 44.5 Å². The van der Waals surface area contributed by atoms with Gasteiger partial charge in [0, 0.05) is 23.6 Å². The van der Waals surface area contributed by atoms with Gasteiger partial charge in [0.05, 0.1) is 6.61 Å². The van der Waals surface area contributed by atoms with E-state index in [1.54, 1.807) is 0 Å². The summed E-state index contributed by atoms with van der Waals surface area (Å²) in [4.78, 5) is 0. The van der Waals surface area contributed by atoms with E-state index in [4.69, 9.17) is 15.2 Å². The second-order valence-electron chi connectivity index (χ2n) is 4.78. The van der Waals surface area contributed by atoms with E-state index < -0.39 is 0 Å². The molecule has 1 aliphatic heterocycles. The van der Waals surface area contributed by atoms with Crippen LogP contribution in [0.2, 0.25) is 0 Å². The molecule has 0 aliphatic carbocycles. The lowest BCUT2D eigenvalue weighted by atomic mass is 10.1. The Bertz CT molecular complexity index is 452. The zero-order valence-electron chi connectivity index (χ0n) is 11.3. The van der Waals surface area contributed by atoms with Crippen LogP contribution >= 0.6 is 0 Å². The summed E-state index contributed by atoms with van der Waals surface area (Å²) in [6, 6.07) is 4.17. The molecule has 0 saturated heterocycles. The van der Waals surface area contributed by atoms with Crippen LogP contribution in [-0.4, -0.2) is 18.8 Å². The highest BCUT2D eigenvalue weighted by molar-refractivity contribution is 5.62. The number of fused-ring (bicyclic) bond motifs is 1. The summed E-state index contributed by atoms with van der Waals surface area (Å²) in [5.74, 6) is 1.88. The average Bonchev–Trinajstić information content (AvgIpc) is 2.65. The molecular weight excluding hydrogens is 226 g/mol. The van der Waals surface area contributed by atoms with Crippen LogP contribution in [0.3, 0.4) is 0 Å². The first kappa shape index (κ1) is 13.0. The molecular formula is C15H21NO2. The maximum absolute atomic E-state index is 5.77. The summed E-state index contributed by atoms with van der Waals surface area (Å²) >= 11 is 0. The van der Waals surface area contributed by atoms with Crippen molar-refractivity contribution in [2.45, 2.75) is 39.3 Å². The quantitative estimate of drug-likeness (QED) is 0.889. The normalized spacial score (nSPS) is 19.7. The molecule has 0 spiro atoms. The largest absolute Gasteiger partial charge is 0.493 e. The third-order valence-corrected chi connectivity index (χ3v) is 2.91. The third kappa shape index (κ3) is 2.85. The lowest BCUT2D eigenvalue weighted by molar-refractivity contribution is 0.254. The van der Waals surface area contributed by atoms with Gasteiger partial charge < -0.3 is 15.2 Å². The van der Waals surface area contributed by atoms with Gasteiger partial charge in [0.25, 0.3) is 0 Å². The summed E-state index contributed by atoms with van der Waals surface area (Å²) in [6.07, 6.45) is 5.17. The first-order valence-electron chi connectivity index (χ1n) is 6.50. The Balaban J connectivity index is 2.35. The second kappa shape index (κ2) is 5.44. The summed E-state index contributed by atoms with van der Waals surface area (Å²) in [6.45, 7) is 6.68. The summed E-state index contributed by atoms with van der Waals surface area (Å²) in [5.41, 5.74) is 8.00. The van der Waals surface area contributed by atoms with Gasteiger partial charge in [-0.25, -0.2) is 0 Å². The Hall–Kier alpha value is -1.48. The van der Waals surface area contributed by atoms with Gasteiger partial charge >= 0.3 is 0 Å². The first-order valence-corrected chi connectivity index (χ1v) is 6.50. The molecule has 98 valence electrons. The number of rotatable bonds is 4. The van der Waals surface area contributed by atoms with Crippen LogP contribution in [0.5, 0.6) is 11.5 Å². The lowest BCUT2D eigenvalue weighted by Crippen LogP contribution is -2.10. The highest BCUT2D eigenvalue weighted by atomic mass is 16.5. The number of nitrogens with two attached hydrogens (primary N) is 1. The Morgan fingerprint density at radius 2 is 2.33 bits per heavy atom. The minimum atomic E-state index is 0.0348. The van der Waals surface area contributed by atoms with E-state index in [1.807, 2.05) is 32.1 Å². The van der Waals surface area contributed by atoms with Crippen LogP contribution in [0.15, 0.2) is 18.2 Å². The molecule has 1 aromatic carbocycles. The van der Waals surface area contributed by atoms with Crippen molar-refractivity contribution in [3.05, 3.63) is 29.3 Å². The molecule has 0 saturated carbocycles. The van der Waals surface area contributed by atoms with Crippen molar-refractivity contribution in [1.82, 2.24) is 0 Å². The first-order chi connectivity index (χ1) is 8.60. The summed E-state index contributed by atoms with van der Waals surface area (Å²) < 4.78 is 11.4. The van der Waals surface area contributed by atoms with Gasteiger partial charge in [-0.1, -0.05) is 12.2 Å². The van der Waals surface area contributed by atoms with Crippen LogP contribution in [0.25, 0.3) is 6.08 Å². The smallest absolute Gasteiger partial charge is 0.127 e. The van der Waals surface area contributed by atoms with E-state index >= 15 is 0 Å². The predicted molar refractivity (Wildman–Crippen MR) is 74.1 cm³/mol. The van der Waals surface area contributed by atoms with Crippen molar-refractivity contribution in [3.63, 3.8) is 0 Å². The van der Waals surface area contributed by atoms with Gasteiger partial charge in [-0.05, 0) is 32.9 Å². The standard InChI is InChI=1S/C15H21NO2/c1-4-17-14-9-13-7-11(3)18-15(13)8-12(14)6-5-10(2)16/h5-6,8-11H,4,7,16H2,1-3H3/b6-5+. The molecule has 1 aliphatic rings. The van der Waals surface area contributed by atoms with Gasteiger partial charge in [-0.15, -0.1) is 0 Å². The molecule has 0 aromatic heterocycles. The summed E-state index contributed by atoms with van der Waals surface area (Å²) in [7, 11) is 0. The molecule has 1 heterocycles. The van der Waals surface area contributed by atoms with Crippen molar-refractivity contribution >= 4 is 6.08 Å². The van der Waals surface area contributed by atoms with Crippen molar-refractivity contribution in [3.8, 4) is 11.5 Å².